The van der Waals surface area contributed by atoms with E-state index in [4.69, 9.17) is 4.74 Å². The number of nitrogens with zero attached hydrogens (tertiary/aromatic N) is 2. The smallest absolute Gasteiger partial charge is 0.273 e. The quantitative estimate of drug-likeness (QED) is 0.578. The Bertz CT molecular complexity index is 614. The van der Waals surface area contributed by atoms with Gasteiger partial charge in [0, 0.05) is 19.0 Å². The second-order valence-electron chi connectivity index (χ2n) is 5.36. The average Bonchev–Trinajstić information content (AvgIpc) is 2.52. The number of rotatable bonds is 7. The molecular formula is C17H20N2O3. The van der Waals surface area contributed by atoms with Crippen LogP contribution >= 0.6 is 0 Å². The largest absolute Gasteiger partial charge is 0.485 e. The standard InChI is InChI=1S/C17H20N2O3/c1-18(2)12-11-17(14-7-4-3-5-8-14)22-16-10-6-9-15(13-16)19(20)21/h3-10,13,17H,11-12H2,1-2H3. The zero-order valence-electron chi connectivity index (χ0n) is 12.8. The maximum absolute atomic E-state index is 10.9. The Morgan fingerprint density at radius 1 is 1.14 bits per heavy atom. The molecule has 116 valence electrons. The Labute approximate surface area is 130 Å². The van der Waals surface area contributed by atoms with Crippen LogP contribution in [0.15, 0.2) is 54.6 Å². The van der Waals surface area contributed by atoms with E-state index in [0.29, 0.717) is 5.75 Å². The Morgan fingerprint density at radius 3 is 2.50 bits per heavy atom. The molecule has 0 aromatic heterocycles. The fraction of sp³-hybridized carbons (Fsp3) is 0.294. The van der Waals surface area contributed by atoms with Gasteiger partial charge in [-0.05, 0) is 25.7 Å². The monoisotopic (exact) mass is 300 g/mol. The Kier molecular flexibility index (Phi) is 5.49. The zero-order valence-corrected chi connectivity index (χ0v) is 12.8. The first-order valence-corrected chi connectivity index (χ1v) is 7.17. The maximum atomic E-state index is 10.9. The molecule has 1 atom stereocenters. The van der Waals surface area contributed by atoms with Crippen molar-refractivity contribution in [2.75, 3.05) is 20.6 Å². The third kappa shape index (κ3) is 4.56. The van der Waals surface area contributed by atoms with Gasteiger partial charge in [0.1, 0.15) is 11.9 Å². The lowest BCUT2D eigenvalue weighted by molar-refractivity contribution is -0.385. The molecule has 1 unspecified atom stereocenters. The zero-order chi connectivity index (χ0) is 15.9. The van der Waals surface area contributed by atoms with Crippen molar-refractivity contribution >= 4 is 5.69 Å². The molecule has 0 heterocycles. The van der Waals surface area contributed by atoms with Gasteiger partial charge in [0.2, 0.25) is 0 Å². The minimum Gasteiger partial charge on any atom is -0.485 e. The maximum Gasteiger partial charge on any atom is 0.273 e. The van der Waals surface area contributed by atoms with Crippen molar-refractivity contribution in [2.24, 2.45) is 0 Å². The number of hydrogen-bond donors (Lipinski definition) is 0. The second kappa shape index (κ2) is 7.56. The molecule has 0 bridgehead atoms. The molecular weight excluding hydrogens is 280 g/mol. The van der Waals surface area contributed by atoms with Crippen LogP contribution in [0.2, 0.25) is 0 Å². The molecule has 0 radical (unpaired) electrons. The van der Waals surface area contributed by atoms with Crippen LogP contribution in [0.4, 0.5) is 5.69 Å². The number of ether oxygens (including phenoxy) is 1. The summed E-state index contributed by atoms with van der Waals surface area (Å²) in [5, 5.41) is 10.9. The van der Waals surface area contributed by atoms with Crippen molar-refractivity contribution in [2.45, 2.75) is 12.5 Å². The van der Waals surface area contributed by atoms with Crippen LogP contribution in [-0.2, 0) is 0 Å². The summed E-state index contributed by atoms with van der Waals surface area (Å²) in [7, 11) is 4.02. The SMILES string of the molecule is CN(C)CCC(Oc1cccc([N+](=O)[O-])c1)c1ccccc1. The van der Waals surface area contributed by atoms with Gasteiger partial charge in [-0.25, -0.2) is 0 Å². The molecule has 5 heteroatoms. The summed E-state index contributed by atoms with van der Waals surface area (Å²) in [6.45, 7) is 0.870. The van der Waals surface area contributed by atoms with Crippen LogP contribution < -0.4 is 4.74 Å². The van der Waals surface area contributed by atoms with Gasteiger partial charge in [0.15, 0.2) is 0 Å². The van der Waals surface area contributed by atoms with Gasteiger partial charge >= 0.3 is 0 Å². The minimum absolute atomic E-state index is 0.0388. The predicted molar refractivity (Wildman–Crippen MR) is 86.1 cm³/mol. The van der Waals surface area contributed by atoms with Gasteiger partial charge in [0.05, 0.1) is 11.0 Å². The number of benzene rings is 2. The molecule has 22 heavy (non-hydrogen) atoms. The summed E-state index contributed by atoms with van der Waals surface area (Å²) < 4.78 is 6.01. The third-order valence-corrected chi connectivity index (χ3v) is 3.32. The van der Waals surface area contributed by atoms with Gasteiger partial charge in [-0.15, -0.1) is 0 Å². The van der Waals surface area contributed by atoms with E-state index in [1.54, 1.807) is 12.1 Å². The molecule has 5 nitrogen and oxygen atoms in total. The lowest BCUT2D eigenvalue weighted by Gasteiger charge is -2.21. The normalized spacial score (nSPS) is 12.1. The van der Waals surface area contributed by atoms with E-state index in [0.717, 1.165) is 18.5 Å². The van der Waals surface area contributed by atoms with Gasteiger partial charge in [-0.3, -0.25) is 10.1 Å². The summed E-state index contributed by atoms with van der Waals surface area (Å²) in [5.74, 6) is 0.516. The van der Waals surface area contributed by atoms with Crippen molar-refractivity contribution in [3.05, 3.63) is 70.3 Å². The lowest BCUT2D eigenvalue weighted by atomic mass is 10.1. The Morgan fingerprint density at radius 2 is 1.86 bits per heavy atom. The molecule has 0 fully saturated rings. The van der Waals surface area contributed by atoms with Crippen LogP contribution in [0.5, 0.6) is 5.75 Å². The Balaban J connectivity index is 2.19. The fourth-order valence-electron chi connectivity index (χ4n) is 2.17. The predicted octanol–water partition coefficient (Wildman–Crippen LogP) is 3.67. The summed E-state index contributed by atoms with van der Waals surface area (Å²) >= 11 is 0. The van der Waals surface area contributed by atoms with Crippen LogP contribution in [0, 0.1) is 10.1 Å². The number of nitro groups is 1. The van der Waals surface area contributed by atoms with Crippen molar-refractivity contribution in [1.29, 1.82) is 0 Å². The van der Waals surface area contributed by atoms with Crippen molar-refractivity contribution in [3.63, 3.8) is 0 Å². The van der Waals surface area contributed by atoms with Crippen LogP contribution in [0.1, 0.15) is 18.1 Å². The molecule has 0 aliphatic rings. The van der Waals surface area contributed by atoms with E-state index in [9.17, 15) is 10.1 Å². The molecule has 0 saturated heterocycles. The highest BCUT2D eigenvalue weighted by atomic mass is 16.6. The van der Waals surface area contributed by atoms with Gasteiger partial charge < -0.3 is 9.64 Å². The van der Waals surface area contributed by atoms with Crippen LogP contribution in [0.3, 0.4) is 0 Å². The highest BCUT2D eigenvalue weighted by molar-refractivity contribution is 5.38. The van der Waals surface area contributed by atoms with E-state index in [1.807, 2.05) is 44.4 Å². The minimum atomic E-state index is -0.412. The molecule has 2 rings (SSSR count). The molecule has 0 spiro atoms. The van der Waals surface area contributed by atoms with Gasteiger partial charge in [0.25, 0.3) is 5.69 Å². The highest BCUT2D eigenvalue weighted by Crippen LogP contribution is 2.27. The first kappa shape index (κ1) is 16.0. The molecule has 0 saturated carbocycles. The molecule has 2 aromatic carbocycles. The van der Waals surface area contributed by atoms with E-state index < -0.39 is 4.92 Å². The molecule has 2 aromatic rings. The summed E-state index contributed by atoms with van der Waals surface area (Å²) in [6, 6.07) is 16.2. The molecule has 0 aliphatic heterocycles. The first-order chi connectivity index (χ1) is 10.6. The second-order valence-corrected chi connectivity index (χ2v) is 5.36. The van der Waals surface area contributed by atoms with Crippen molar-refractivity contribution < 1.29 is 9.66 Å². The molecule has 0 amide bonds. The first-order valence-electron chi connectivity index (χ1n) is 7.17. The van der Waals surface area contributed by atoms with Gasteiger partial charge in [-0.1, -0.05) is 36.4 Å². The molecule has 0 aliphatic carbocycles. The summed E-state index contributed by atoms with van der Waals surface area (Å²) in [5.41, 5.74) is 1.10. The van der Waals surface area contributed by atoms with Crippen LogP contribution in [0.25, 0.3) is 0 Å². The third-order valence-electron chi connectivity index (χ3n) is 3.32. The Hall–Kier alpha value is -2.40. The van der Waals surface area contributed by atoms with E-state index >= 15 is 0 Å². The highest BCUT2D eigenvalue weighted by Gasteiger charge is 2.15. The topological polar surface area (TPSA) is 55.6 Å². The number of hydrogen-bond acceptors (Lipinski definition) is 4. The van der Waals surface area contributed by atoms with Crippen LogP contribution in [-0.4, -0.2) is 30.5 Å². The van der Waals surface area contributed by atoms with E-state index in [2.05, 4.69) is 4.90 Å². The van der Waals surface area contributed by atoms with Gasteiger partial charge in [-0.2, -0.15) is 0 Å². The lowest BCUT2D eigenvalue weighted by Crippen LogP contribution is -2.18. The number of non-ortho nitro benzene ring substituents is 1. The summed E-state index contributed by atoms with van der Waals surface area (Å²) in [6.07, 6.45) is 0.672. The fourth-order valence-corrected chi connectivity index (χ4v) is 2.17. The average molecular weight is 300 g/mol. The van der Waals surface area contributed by atoms with E-state index in [1.165, 1.54) is 12.1 Å². The molecule has 0 N–H and O–H groups in total. The van der Waals surface area contributed by atoms with Crippen molar-refractivity contribution in [3.8, 4) is 5.75 Å². The number of nitro benzene ring substituents is 1. The van der Waals surface area contributed by atoms with Crippen molar-refractivity contribution in [1.82, 2.24) is 4.90 Å². The summed E-state index contributed by atoms with van der Waals surface area (Å²) in [4.78, 5) is 12.5. The van der Waals surface area contributed by atoms with E-state index in [-0.39, 0.29) is 11.8 Å².